The van der Waals surface area contributed by atoms with E-state index in [-0.39, 0.29) is 5.97 Å². The van der Waals surface area contributed by atoms with Gasteiger partial charge < -0.3 is 4.74 Å². The second-order valence-electron chi connectivity index (χ2n) is 8.60. The molecule has 0 saturated heterocycles. The maximum absolute atomic E-state index is 12.3. The molecule has 2 aliphatic carbocycles. The van der Waals surface area contributed by atoms with Crippen LogP contribution < -0.4 is 0 Å². The molecular formula is C25H33NO2. The third kappa shape index (κ3) is 4.24. The van der Waals surface area contributed by atoms with E-state index in [1.54, 1.807) is 0 Å². The predicted octanol–water partition coefficient (Wildman–Crippen LogP) is 6.44. The number of nitrogens with zero attached hydrogens (tertiary/aromatic N) is 1. The summed E-state index contributed by atoms with van der Waals surface area (Å²) in [4.78, 5) is 17.5. The topological polar surface area (TPSA) is 39.2 Å². The summed E-state index contributed by atoms with van der Waals surface area (Å²) in [6.07, 6.45) is 13.3. The normalized spacial score (nSPS) is 19.0. The van der Waals surface area contributed by atoms with Gasteiger partial charge in [-0.25, -0.2) is 0 Å². The van der Waals surface area contributed by atoms with Crippen LogP contribution in [0.5, 0.6) is 0 Å². The zero-order valence-electron chi connectivity index (χ0n) is 17.2. The summed E-state index contributed by atoms with van der Waals surface area (Å²) in [5, 5.41) is 1.15. The summed E-state index contributed by atoms with van der Waals surface area (Å²) in [5.41, 5.74) is 4.85. The van der Waals surface area contributed by atoms with Gasteiger partial charge in [0.15, 0.2) is 0 Å². The largest absolute Gasteiger partial charge is 0.466 e. The Balaban J connectivity index is 1.79. The third-order valence-corrected chi connectivity index (χ3v) is 6.68. The number of fused-ring (bicyclic) bond motifs is 1. The van der Waals surface area contributed by atoms with Crippen LogP contribution in [0.2, 0.25) is 0 Å². The van der Waals surface area contributed by atoms with E-state index in [1.807, 2.05) is 6.92 Å². The average molecular weight is 380 g/mol. The number of para-hydroxylation sites is 1. The molecule has 0 unspecified atom stereocenters. The van der Waals surface area contributed by atoms with Gasteiger partial charge in [-0.1, -0.05) is 56.7 Å². The molecule has 150 valence electrons. The van der Waals surface area contributed by atoms with Crippen molar-refractivity contribution in [2.24, 2.45) is 0 Å². The van der Waals surface area contributed by atoms with E-state index in [0.29, 0.717) is 24.9 Å². The summed E-state index contributed by atoms with van der Waals surface area (Å²) in [5.74, 6) is 1.02. The van der Waals surface area contributed by atoms with E-state index in [1.165, 1.54) is 75.5 Å². The summed E-state index contributed by atoms with van der Waals surface area (Å²) in [6.45, 7) is 2.31. The lowest BCUT2D eigenvalue weighted by molar-refractivity contribution is -0.142. The highest BCUT2D eigenvalue weighted by Crippen LogP contribution is 2.39. The van der Waals surface area contributed by atoms with Crippen molar-refractivity contribution < 1.29 is 9.53 Å². The van der Waals surface area contributed by atoms with Gasteiger partial charge in [-0.05, 0) is 55.7 Å². The number of esters is 1. The quantitative estimate of drug-likeness (QED) is 0.561. The van der Waals surface area contributed by atoms with E-state index in [9.17, 15) is 4.79 Å². The Morgan fingerprint density at radius 3 is 2.36 bits per heavy atom. The van der Waals surface area contributed by atoms with Gasteiger partial charge in [0.25, 0.3) is 0 Å². The van der Waals surface area contributed by atoms with Crippen LogP contribution in [0.1, 0.15) is 99.8 Å². The van der Waals surface area contributed by atoms with Gasteiger partial charge in [0.05, 0.1) is 18.5 Å². The first kappa shape index (κ1) is 19.4. The zero-order valence-corrected chi connectivity index (χ0v) is 17.2. The van der Waals surface area contributed by atoms with Crippen LogP contribution in [0.4, 0.5) is 0 Å². The molecule has 3 heteroatoms. The van der Waals surface area contributed by atoms with Crippen LogP contribution in [0, 0.1) is 0 Å². The van der Waals surface area contributed by atoms with Gasteiger partial charge >= 0.3 is 5.97 Å². The summed E-state index contributed by atoms with van der Waals surface area (Å²) < 4.78 is 5.27. The second-order valence-corrected chi connectivity index (χ2v) is 8.60. The molecule has 0 bridgehead atoms. The molecule has 0 amide bonds. The Hall–Kier alpha value is -1.90. The van der Waals surface area contributed by atoms with E-state index in [2.05, 4.69) is 24.3 Å². The monoisotopic (exact) mass is 379 g/mol. The summed E-state index contributed by atoms with van der Waals surface area (Å²) in [6, 6.07) is 8.79. The predicted molar refractivity (Wildman–Crippen MR) is 114 cm³/mol. The molecule has 0 aliphatic heterocycles. The number of ether oxygens (including phenoxy) is 1. The molecule has 0 N–H and O–H groups in total. The Morgan fingerprint density at radius 1 is 1.00 bits per heavy atom. The third-order valence-electron chi connectivity index (χ3n) is 6.68. The highest BCUT2D eigenvalue weighted by molar-refractivity contribution is 5.89. The highest BCUT2D eigenvalue weighted by Gasteiger charge is 2.23. The highest BCUT2D eigenvalue weighted by atomic mass is 16.5. The smallest absolute Gasteiger partial charge is 0.310 e. The maximum Gasteiger partial charge on any atom is 0.310 e. The zero-order chi connectivity index (χ0) is 19.3. The minimum absolute atomic E-state index is 0.132. The van der Waals surface area contributed by atoms with Crippen molar-refractivity contribution in [3.8, 4) is 0 Å². The maximum atomic E-state index is 12.3. The summed E-state index contributed by atoms with van der Waals surface area (Å²) in [7, 11) is 0. The number of hydrogen-bond donors (Lipinski definition) is 0. The number of rotatable bonds is 5. The first-order valence-corrected chi connectivity index (χ1v) is 11.3. The van der Waals surface area contributed by atoms with Crippen LogP contribution in [-0.4, -0.2) is 17.6 Å². The Labute approximate surface area is 168 Å². The van der Waals surface area contributed by atoms with E-state index in [0.717, 1.165) is 16.5 Å². The van der Waals surface area contributed by atoms with E-state index < -0.39 is 0 Å². The number of benzene rings is 1. The van der Waals surface area contributed by atoms with E-state index in [4.69, 9.17) is 9.72 Å². The number of aromatic nitrogens is 1. The Kier molecular flexibility index (Phi) is 6.29. The minimum atomic E-state index is -0.132. The fourth-order valence-electron chi connectivity index (χ4n) is 5.23. The first-order chi connectivity index (χ1) is 13.8. The van der Waals surface area contributed by atoms with Crippen molar-refractivity contribution in [3.63, 3.8) is 0 Å². The van der Waals surface area contributed by atoms with Gasteiger partial charge in [-0.3, -0.25) is 9.78 Å². The number of pyridine rings is 1. The molecule has 4 rings (SSSR count). The van der Waals surface area contributed by atoms with Crippen LogP contribution in [-0.2, 0) is 16.0 Å². The van der Waals surface area contributed by atoms with Gasteiger partial charge in [-0.2, -0.15) is 0 Å². The molecule has 3 nitrogen and oxygen atoms in total. The van der Waals surface area contributed by atoms with Crippen molar-refractivity contribution in [2.75, 3.05) is 6.61 Å². The molecule has 1 heterocycles. The standard InChI is InChI=1S/C25H33NO2/c1-2-28-24(27)17-20-16-23(19-12-7-4-8-13-19)26-25-21(14-9-15-22(20)25)18-10-5-3-6-11-18/h9,14-16,18-19H,2-8,10-13,17H2,1H3. The Morgan fingerprint density at radius 2 is 1.68 bits per heavy atom. The van der Waals surface area contributed by atoms with Gasteiger partial charge in [0.1, 0.15) is 0 Å². The molecule has 1 aromatic heterocycles. The van der Waals surface area contributed by atoms with Crippen molar-refractivity contribution in [3.05, 3.63) is 41.1 Å². The SMILES string of the molecule is CCOC(=O)Cc1cc(C2CCCCC2)nc2c(C3CCCCC3)cccc12. The fraction of sp³-hybridized carbons (Fsp3) is 0.600. The van der Waals surface area contributed by atoms with Gasteiger partial charge in [0.2, 0.25) is 0 Å². The lowest BCUT2D eigenvalue weighted by Crippen LogP contribution is -2.12. The van der Waals surface area contributed by atoms with Crippen LogP contribution in [0.25, 0.3) is 10.9 Å². The second kappa shape index (κ2) is 9.07. The van der Waals surface area contributed by atoms with Gasteiger partial charge in [-0.15, -0.1) is 0 Å². The minimum Gasteiger partial charge on any atom is -0.466 e. The summed E-state index contributed by atoms with van der Waals surface area (Å²) >= 11 is 0. The lowest BCUT2D eigenvalue weighted by Gasteiger charge is -2.25. The molecule has 1 aromatic carbocycles. The fourth-order valence-corrected chi connectivity index (χ4v) is 5.23. The molecule has 2 aromatic rings. The molecule has 2 fully saturated rings. The van der Waals surface area contributed by atoms with Crippen LogP contribution >= 0.6 is 0 Å². The first-order valence-electron chi connectivity index (χ1n) is 11.3. The van der Waals surface area contributed by atoms with Crippen LogP contribution in [0.15, 0.2) is 24.3 Å². The van der Waals surface area contributed by atoms with Crippen LogP contribution in [0.3, 0.4) is 0 Å². The molecule has 0 atom stereocenters. The number of carbonyl (C=O) groups excluding carboxylic acids is 1. The number of hydrogen-bond acceptors (Lipinski definition) is 3. The van der Waals surface area contributed by atoms with Crippen molar-refractivity contribution >= 4 is 16.9 Å². The molecule has 2 aliphatic rings. The molecule has 2 saturated carbocycles. The van der Waals surface area contributed by atoms with E-state index >= 15 is 0 Å². The van der Waals surface area contributed by atoms with Gasteiger partial charge in [0, 0.05) is 17.0 Å². The molecule has 28 heavy (non-hydrogen) atoms. The van der Waals surface area contributed by atoms with Crippen molar-refractivity contribution in [1.29, 1.82) is 0 Å². The molecular weight excluding hydrogens is 346 g/mol. The van der Waals surface area contributed by atoms with Crippen molar-refractivity contribution in [1.82, 2.24) is 4.98 Å². The van der Waals surface area contributed by atoms with Crippen molar-refractivity contribution in [2.45, 2.75) is 89.4 Å². The lowest BCUT2D eigenvalue weighted by atomic mass is 9.82. The Bertz CT molecular complexity index is 817. The molecule has 0 radical (unpaired) electrons. The number of carbonyl (C=O) groups is 1. The average Bonchev–Trinajstić information content (AvgIpc) is 2.74. The molecule has 0 spiro atoms.